The van der Waals surface area contributed by atoms with E-state index in [4.69, 9.17) is 33.7 Å². The summed E-state index contributed by atoms with van der Waals surface area (Å²) in [5.74, 6) is 1.29. The molecule has 22 heavy (non-hydrogen) atoms. The molecule has 7 heteroatoms. The molecule has 2 saturated carbocycles. The minimum Gasteiger partial charge on any atom is -0.475 e. The van der Waals surface area contributed by atoms with Crippen molar-refractivity contribution in [2.75, 3.05) is 13.2 Å². The van der Waals surface area contributed by atoms with E-state index in [1.807, 2.05) is 0 Å². The maximum Gasteiger partial charge on any atom is 0.232 e. The van der Waals surface area contributed by atoms with Gasteiger partial charge in [0, 0.05) is 12.2 Å². The topological polar surface area (TPSA) is 77.2 Å². The minimum absolute atomic E-state index is 0.00652. The highest BCUT2D eigenvalue weighted by Crippen LogP contribution is 2.47. The molecule has 2 aliphatic rings. The van der Waals surface area contributed by atoms with E-state index in [9.17, 15) is 4.79 Å². The monoisotopic (exact) mass is 343 g/mol. The molecule has 5 nitrogen and oxygen atoms in total. The first-order chi connectivity index (χ1) is 10.6. The predicted molar refractivity (Wildman–Crippen MR) is 85.1 cm³/mol. The number of fused-ring (bicyclic) bond motifs is 2. The molecule has 0 spiro atoms. The van der Waals surface area contributed by atoms with Crippen molar-refractivity contribution in [1.29, 1.82) is 0 Å². The third-order valence-electron chi connectivity index (χ3n) is 4.70. The molecule has 1 aromatic heterocycles. The number of ether oxygens (including phenoxy) is 1. The number of nitrogens with one attached hydrogen (secondary N) is 1. The lowest BCUT2D eigenvalue weighted by atomic mass is 9.84. The largest absolute Gasteiger partial charge is 0.475 e. The Morgan fingerprint density at radius 1 is 1.41 bits per heavy atom. The quantitative estimate of drug-likeness (QED) is 0.804. The van der Waals surface area contributed by atoms with Gasteiger partial charge in [-0.05, 0) is 37.2 Å². The molecule has 4 atom stereocenters. The van der Waals surface area contributed by atoms with Gasteiger partial charge in [-0.1, -0.05) is 23.2 Å². The average Bonchev–Trinajstić information content (AvgIpc) is 3.06. The number of pyridine rings is 1. The van der Waals surface area contributed by atoms with Crippen molar-refractivity contribution in [2.24, 2.45) is 23.5 Å². The van der Waals surface area contributed by atoms with Crippen LogP contribution in [0.3, 0.4) is 0 Å². The molecule has 3 N–H and O–H groups in total. The summed E-state index contributed by atoms with van der Waals surface area (Å²) in [7, 11) is 0. The SMILES string of the molecule is NC1C2CCC(C2)C1C(=O)NCCOc1ncc(Cl)cc1Cl. The molecule has 4 unspecified atom stereocenters. The third kappa shape index (κ3) is 3.16. The molecule has 120 valence electrons. The summed E-state index contributed by atoms with van der Waals surface area (Å²) in [6, 6.07) is 1.57. The number of amides is 1. The Morgan fingerprint density at radius 3 is 2.86 bits per heavy atom. The highest BCUT2D eigenvalue weighted by atomic mass is 35.5. The van der Waals surface area contributed by atoms with Gasteiger partial charge in [-0.15, -0.1) is 0 Å². The molecule has 1 aromatic rings. The molecule has 2 fully saturated rings. The Labute approximate surface area is 139 Å². The van der Waals surface area contributed by atoms with Gasteiger partial charge < -0.3 is 15.8 Å². The molecule has 2 aliphatic carbocycles. The number of nitrogens with two attached hydrogens (primary N) is 1. The van der Waals surface area contributed by atoms with Crippen LogP contribution in [0.5, 0.6) is 5.88 Å². The minimum atomic E-state index is -0.0454. The highest BCUT2D eigenvalue weighted by Gasteiger charge is 2.48. The van der Waals surface area contributed by atoms with Crippen molar-refractivity contribution in [3.8, 4) is 5.88 Å². The van der Waals surface area contributed by atoms with E-state index >= 15 is 0 Å². The third-order valence-corrected chi connectivity index (χ3v) is 5.17. The van der Waals surface area contributed by atoms with E-state index in [0.29, 0.717) is 40.9 Å². The van der Waals surface area contributed by atoms with E-state index in [1.165, 1.54) is 12.6 Å². The van der Waals surface area contributed by atoms with Crippen molar-refractivity contribution in [2.45, 2.75) is 25.3 Å². The van der Waals surface area contributed by atoms with Gasteiger partial charge >= 0.3 is 0 Å². The standard InChI is InChI=1S/C15H19Cl2N3O2/c16-10-6-11(17)15(20-7-10)22-4-3-19-14(21)12-8-1-2-9(5-8)13(12)18/h6-9,12-13H,1-5,18H2,(H,19,21). The Morgan fingerprint density at radius 2 is 2.18 bits per heavy atom. The zero-order chi connectivity index (χ0) is 15.7. The zero-order valence-electron chi connectivity index (χ0n) is 12.1. The second-order valence-corrected chi connectivity index (χ2v) is 6.86. The van der Waals surface area contributed by atoms with E-state index in [0.717, 1.165) is 12.8 Å². The van der Waals surface area contributed by atoms with Crippen LogP contribution in [0.1, 0.15) is 19.3 Å². The van der Waals surface area contributed by atoms with Crippen molar-refractivity contribution < 1.29 is 9.53 Å². The number of carbonyl (C=O) groups is 1. The Bertz CT molecular complexity index is 568. The average molecular weight is 344 g/mol. The van der Waals surface area contributed by atoms with E-state index in [1.54, 1.807) is 6.07 Å². The van der Waals surface area contributed by atoms with Crippen LogP contribution in [0, 0.1) is 17.8 Å². The van der Waals surface area contributed by atoms with E-state index in [-0.39, 0.29) is 17.9 Å². The summed E-state index contributed by atoms with van der Waals surface area (Å²) in [6.45, 7) is 0.705. The van der Waals surface area contributed by atoms with Crippen LogP contribution < -0.4 is 15.8 Å². The lowest BCUT2D eigenvalue weighted by molar-refractivity contribution is -0.127. The van der Waals surface area contributed by atoms with Crippen LogP contribution in [-0.2, 0) is 4.79 Å². The molecule has 3 rings (SSSR count). The fourth-order valence-electron chi connectivity index (χ4n) is 3.67. The number of halogens is 2. The lowest BCUT2D eigenvalue weighted by Gasteiger charge is -2.26. The molecule has 0 aliphatic heterocycles. The van der Waals surface area contributed by atoms with Crippen LogP contribution >= 0.6 is 23.2 Å². The van der Waals surface area contributed by atoms with Crippen molar-refractivity contribution in [3.05, 3.63) is 22.3 Å². The van der Waals surface area contributed by atoms with Crippen LogP contribution in [0.4, 0.5) is 0 Å². The zero-order valence-corrected chi connectivity index (χ0v) is 13.6. The van der Waals surface area contributed by atoms with Crippen LogP contribution in [-0.4, -0.2) is 30.1 Å². The van der Waals surface area contributed by atoms with E-state index < -0.39 is 0 Å². The maximum absolute atomic E-state index is 12.3. The summed E-state index contributed by atoms with van der Waals surface area (Å²) in [5.41, 5.74) is 6.16. The van der Waals surface area contributed by atoms with Gasteiger partial charge in [-0.3, -0.25) is 4.79 Å². The van der Waals surface area contributed by atoms with Gasteiger partial charge in [0.05, 0.1) is 17.5 Å². The Hall–Kier alpha value is -1.04. The second-order valence-electron chi connectivity index (χ2n) is 6.02. The number of hydrogen-bond acceptors (Lipinski definition) is 4. The number of carbonyl (C=O) groups excluding carboxylic acids is 1. The fourth-order valence-corrected chi connectivity index (χ4v) is 4.11. The molecule has 0 radical (unpaired) electrons. The van der Waals surface area contributed by atoms with Gasteiger partial charge in [0.15, 0.2) is 0 Å². The molecule has 1 heterocycles. The van der Waals surface area contributed by atoms with Crippen LogP contribution in [0.15, 0.2) is 12.3 Å². The molecule has 0 saturated heterocycles. The lowest BCUT2D eigenvalue weighted by Crippen LogP contribution is -2.46. The number of nitrogens with zero attached hydrogens (tertiary/aromatic N) is 1. The van der Waals surface area contributed by atoms with Crippen LogP contribution in [0.2, 0.25) is 10.0 Å². The summed E-state index contributed by atoms with van der Waals surface area (Å²) in [4.78, 5) is 16.3. The Balaban J connectivity index is 1.44. The van der Waals surface area contributed by atoms with Crippen molar-refractivity contribution in [3.63, 3.8) is 0 Å². The molecular weight excluding hydrogens is 325 g/mol. The summed E-state index contributed by atoms with van der Waals surface area (Å²) in [6.07, 6.45) is 4.85. The van der Waals surface area contributed by atoms with Crippen molar-refractivity contribution >= 4 is 29.1 Å². The van der Waals surface area contributed by atoms with Gasteiger partial charge in [-0.25, -0.2) is 4.98 Å². The first-order valence-corrected chi connectivity index (χ1v) is 8.29. The predicted octanol–water partition coefficient (Wildman–Crippen LogP) is 2.26. The number of hydrogen-bond donors (Lipinski definition) is 2. The summed E-state index contributed by atoms with van der Waals surface area (Å²) >= 11 is 11.7. The Kier molecular flexibility index (Phi) is 4.76. The van der Waals surface area contributed by atoms with Crippen LogP contribution in [0.25, 0.3) is 0 Å². The van der Waals surface area contributed by atoms with E-state index in [2.05, 4.69) is 10.3 Å². The normalized spacial score (nSPS) is 29.6. The van der Waals surface area contributed by atoms with Crippen molar-refractivity contribution in [1.82, 2.24) is 10.3 Å². The molecule has 0 aromatic carbocycles. The molecular formula is C15H19Cl2N3O2. The molecule has 1 amide bonds. The van der Waals surface area contributed by atoms with Gasteiger partial charge in [0.1, 0.15) is 11.6 Å². The van der Waals surface area contributed by atoms with Gasteiger partial charge in [0.2, 0.25) is 11.8 Å². The number of rotatable bonds is 5. The summed E-state index contributed by atoms with van der Waals surface area (Å²) < 4.78 is 5.45. The van der Waals surface area contributed by atoms with Gasteiger partial charge in [0.25, 0.3) is 0 Å². The maximum atomic E-state index is 12.3. The first-order valence-electron chi connectivity index (χ1n) is 7.53. The highest BCUT2D eigenvalue weighted by molar-refractivity contribution is 6.35. The summed E-state index contributed by atoms with van der Waals surface area (Å²) in [5, 5.41) is 3.71. The number of aromatic nitrogens is 1. The first kappa shape index (κ1) is 15.8. The van der Waals surface area contributed by atoms with Gasteiger partial charge in [-0.2, -0.15) is 0 Å². The second kappa shape index (κ2) is 6.60. The fraction of sp³-hybridized carbons (Fsp3) is 0.600. The molecule has 2 bridgehead atoms. The smallest absolute Gasteiger partial charge is 0.232 e.